The Hall–Kier alpha value is -2.38. The number of likely N-dealkylation sites (tertiary alicyclic amines) is 1. The summed E-state index contributed by atoms with van der Waals surface area (Å²) < 4.78 is 6.70. The zero-order valence-electron chi connectivity index (χ0n) is 14.4. The van der Waals surface area contributed by atoms with Crippen molar-refractivity contribution < 1.29 is 19.4 Å². The fourth-order valence-electron chi connectivity index (χ4n) is 3.29. The van der Waals surface area contributed by atoms with Crippen LogP contribution in [-0.2, 0) is 9.53 Å². The summed E-state index contributed by atoms with van der Waals surface area (Å²) >= 11 is 5.89. The van der Waals surface area contributed by atoms with Crippen LogP contribution in [0.4, 0.5) is 0 Å². The quantitative estimate of drug-likeness (QED) is 0.865. The van der Waals surface area contributed by atoms with Gasteiger partial charge in [-0.2, -0.15) is 5.10 Å². The number of carboxylic acids is 1. The standard InChI is InChI=1S/C18H20ClN3O4/c1-26-12-18(17(24)25)7-2-8-21(11-18)16(23)13-9-20-22(10-13)15-5-3-14(19)4-6-15/h3-6,9-10H,2,7-8,11-12H2,1H3,(H,24,25). The van der Waals surface area contributed by atoms with Crippen LogP contribution in [0.1, 0.15) is 23.2 Å². The topological polar surface area (TPSA) is 84.7 Å². The number of nitrogens with zero attached hydrogens (tertiary/aromatic N) is 3. The van der Waals surface area contributed by atoms with Gasteiger partial charge in [-0.05, 0) is 37.1 Å². The molecule has 0 aliphatic carbocycles. The second-order valence-corrected chi connectivity index (χ2v) is 6.94. The minimum Gasteiger partial charge on any atom is -0.481 e. The number of benzene rings is 1. The normalized spacial score (nSPS) is 20.2. The molecule has 26 heavy (non-hydrogen) atoms. The monoisotopic (exact) mass is 377 g/mol. The van der Waals surface area contributed by atoms with Gasteiger partial charge in [-0.1, -0.05) is 11.6 Å². The van der Waals surface area contributed by atoms with Crippen LogP contribution in [0.5, 0.6) is 0 Å². The molecule has 1 unspecified atom stereocenters. The third-order valence-corrected chi connectivity index (χ3v) is 4.91. The summed E-state index contributed by atoms with van der Waals surface area (Å²) in [5.41, 5.74) is 0.138. The SMILES string of the molecule is COCC1(C(=O)O)CCCN(C(=O)c2cnn(-c3ccc(Cl)cc3)c2)C1. The molecule has 0 saturated carbocycles. The Morgan fingerprint density at radius 1 is 1.35 bits per heavy atom. The van der Waals surface area contributed by atoms with Crippen molar-refractivity contribution in [3.05, 3.63) is 47.2 Å². The molecule has 1 saturated heterocycles. The number of methoxy groups -OCH3 is 1. The van der Waals surface area contributed by atoms with E-state index in [4.69, 9.17) is 16.3 Å². The average molecular weight is 378 g/mol. The van der Waals surface area contributed by atoms with E-state index in [-0.39, 0.29) is 19.1 Å². The van der Waals surface area contributed by atoms with E-state index < -0.39 is 11.4 Å². The van der Waals surface area contributed by atoms with E-state index in [1.54, 1.807) is 40.0 Å². The van der Waals surface area contributed by atoms with Gasteiger partial charge in [0.25, 0.3) is 5.91 Å². The lowest BCUT2D eigenvalue weighted by Gasteiger charge is -2.39. The lowest BCUT2D eigenvalue weighted by atomic mass is 9.80. The number of carbonyl (C=O) groups excluding carboxylic acids is 1. The molecule has 7 nitrogen and oxygen atoms in total. The van der Waals surface area contributed by atoms with Crippen molar-refractivity contribution in [3.63, 3.8) is 0 Å². The highest BCUT2D eigenvalue weighted by Crippen LogP contribution is 2.31. The number of ether oxygens (including phenoxy) is 1. The predicted octanol–water partition coefficient (Wildman–Crippen LogP) is 2.48. The summed E-state index contributed by atoms with van der Waals surface area (Å²) in [6, 6.07) is 7.10. The minimum atomic E-state index is -1.06. The first-order valence-corrected chi connectivity index (χ1v) is 8.65. The molecule has 0 spiro atoms. The van der Waals surface area contributed by atoms with E-state index in [1.807, 2.05) is 0 Å². The molecule has 1 atom stereocenters. The highest BCUT2D eigenvalue weighted by Gasteiger charge is 2.44. The number of aromatic nitrogens is 2. The molecule has 1 N–H and O–H groups in total. The van der Waals surface area contributed by atoms with Gasteiger partial charge >= 0.3 is 5.97 Å². The Labute approximate surface area is 156 Å². The third-order valence-electron chi connectivity index (χ3n) is 4.66. The molecule has 2 heterocycles. The largest absolute Gasteiger partial charge is 0.481 e. The molecule has 8 heteroatoms. The van der Waals surface area contributed by atoms with Crippen molar-refractivity contribution in [2.75, 3.05) is 26.8 Å². The summed E-state index contributed by atoms with van der Waals surface area (Å²) in [5.74, 6) is -1.17. The lowest BCUT2D eigenvalue weighted by Crippen LogP contribution is -2.52. The van der Waals surface area contributed by atoms with E-state index in [2.05, 4.69) is 5.10 Å². The molecule has 1 aliphatic heterocycles. The Morgan fingerprint density at radius 2 is 2.08 bits per heavy atom. The van der Waals surface area contributed by atoms with Gasteiger partial charge in [-0.15, -0.1) is 0 Å². The van der Waals surface area contributed by atoms with Crippen molar-refractivity contribution in [2.45, 2.75) is 12.8 Å². The van der Waals surface area contributed by atoms with Gasteiger partial charge in [0, 0.05) is 31.4 Å². The highest BCUT2D eigenvalue weighted by atomic mass is 35.5. The number of hydrogen-bond acceptors (Lipinski definition) is 4. The lowest BCUT2D eigenvalue weighted by molar-refractivity contribution is -0.155. The number of carboxylic acid groups (broad SMARTS) is 1. The smallest absolute Gasteiger partial charge is 0.313 e. The summed E-state index contributed by atoms with van der Waals surface area (Å²) in [6.07, 6.45) is 4.24. The van der Waals surface area contributed by atoms with Gasteiger partial charge in [-0.3, -0.25) is 9.59 Å². The number of carbonyl (C=O) groups is 2. The van der Waals surface area contributed by atoms with Crippen molar-refractivity contribution in [1.82, 2.24) is 14.7 Å². The van der Waals surface area contributed by atoms with Gasteiger partial charge in [0.05, 0.1) is 24.1 Å². The van der Waals surface area contributed by atoms with Gasteiger partial charge in [0.15, 0.2) is 0 Å². The number of halogens is 1. The first kappa shape index (κ1) is 18.4. The Morgan fingerprint density at radius 3 is 2.73 bits per heavy atom. The average Bonchev–Trinajstić information content (AvgIpc) is 3.12. The van der Waals surface area contributed by atoms with E-state index >= 15 is 0 Å². The molecular weight excluding hydrogens is 358 g/mol. The second-order valence-electron chi connectivity index (χ2n) is 6.50. The zero-order valence-corrected chi connectivity index (χ0v) is 15.1. The maximum Gasteiger partial charge on any atom is 0.313 e. The molecule has 1 aliphatic rings. The number of rotatable bonds is 5. The number of amides is 1. The van der Waals surface area contributed by atoms with Gasteiger partial charge < -0.3 is 14.7 Å². The molecular formula is C18H20ClN3O4. The molecule has 1 amide bonds. The molecule has 2 aromatic rings. The number of hydrogen-bond donors (Lipinski definition) is 1. The summed E-state index contributed by atoms with van der Waals surface area (Å²) in [5, 5.41) is 14.5. The van der Waals surface area contributed by atoms with Crippen molar-refractivity contribution in [1.29, 1.82) is 0 Å². The Balaban J connectivity index is 1.79. The summed E-state index contributed by atoms with van der Waals surface area (Å²) in [4.78, 5) is 26.1. The highest BCUT2D eigenvalue weighted by molar-refractivity contribution is 6.30. The van der Waals surface area contributed by atoms with Gasteiger partial charge in [0.2, 0.25) is 0 Å². The van der Waals surface area contributed by atoms with Crippen LogP contribution in [0.3, 0.4) is 0 Å². The van der Waals surface area contributed by atoms with Crippen LogP contribution in [0.2, 0.25) is 5.02 Å². The van der Waals surface area contributed by atoms with Crippen LogP contribution in [-0.4, -0.2) is 58.5 Å². The van der Waals surface area contributed by atoms with E-state index in [0.29, 0.717) is 30.0 Å². The predicted molar refractivity (Wildman–Crippen MR) is 95.7 cm³/mol. The van der Waals surface area contributed by atoms with Crippen LogP contribution in [0, 0.1) is 5.41 Å². The van der Waals surface area contributed by atoms with E-state index in [9.17, 15) is 14.7 Å². The van der Waals surface area contributed by atoms with Crippen LogP contribution >= 0.6 is 11.6 Å². The molecule has 1 fully saturated rings. The molecule has 138 valence electrons. The summed E-state index contributed by atoms with van der Waals surface area (Å²) in [6.45, 7) is 0.723. The number of piperidine rings is 1. The molecule has 1 aromatic heterocycles. The second kappa shape index (κ2) is 7.47. The van der Waals surface area contributed by atoms with Crippen LogP contribution in [0.25, 0.3) is 5.69 Å². The molecule has 3 rings (SSSR count). The zero-order chi connectivity index (χ0) is 18.7. The Bertz CT molecular complexity index is 801. The Kier molecular flexibility index (Phi) is 5.29. The third kappa shape index (κ3) is 3.59. The molecule has 0 radical (unpaired) electrons. The first-order valence-electron chi connectivity index (χ1n) is 8.27. The van der Waals surface area contributed by atoms with Crippen LogP contribution < -0.4 is 0 Å². The maximum absolute atomic E-state index is 12.8. The minimum absolute atomic E-state index is 0.0795. The number of aliphatic carboxylic acids is 1. The summed E-state index contributed by atoms with van der Waals surface area (Å²) in [7, 11) is 1.47. The van der Waals surface area contributed by atoms with Crippen LogP contribution in [0.15, 0.2) is 36.7 Å². The molecule has 0 bridgehead atoms. The first-order chi connectivity index (χ1) is 12.4. The molecule has 1 aromatic carbocycles. The fourth-order valence-corrected chi connectivity index (χ4v) is 3.41. The van der Waals surface area contributed by atoms with E-state index in [1.165, 1.54) is 13.3 Å². The van der Waals surface area contributed by atoms with E-state index in [0.717, 1.165) is 5.69 Å². The van der Waals surface area contributed by atoms with Gasteiger partial charge in [0.1, 0.15) is 5.41 Å². The fraction of sp³-hybridized carbons (Fsp3) is 0.389. The van der Waals surface area contributed by atoms with Crippen molar-refractivity contribution >= 4 is 23.5 Å². The van der Waals surface area contributed by atoms with Crippen molar-refractivity contribution in [3.8, 4) is 5.69 Å². The van der Waals surface area contributed by atoms with Gasteiger partial charge in [-0.25, -0.2) is 4.68 Å². The van der Waals surface area contributed by atoms with Crippen molar-refractivity contribution in [2.24, 2.45) is 5.41 Å². The maximum atomic E-state index is 12.8.